The molecule has 0 bridgehead atoms. The molecule has 1 saturated heterocycles. The van der Waals surface area contributed by atoms with Crippen LogP contribution in [0.15, 0.2) is 47.6 Å². The van der Waals surface area contributed by atoms with Crippen LogP contribution in [0.25, 0.3) is 0 Å². The molecule has 0 saturated carbocycles. The molecule has 2 atom stereocenters. The van der Waals surface area contributed by atoms with Gasteiger partial charge < -0.3 is 9.64 Å². The number of aromatic nitrogens is 2. The summed E-state index contributed by atoms with van der Waals surface area (Å²) in [5.74, 6) is -0.617. The van der Waals surface area contributed by atoms with Crippen LogP contribution in [0.5, 0.6) is 0 Å². The minimum Gasteiger partial charge on any atom is -0.467 e. The van der Waals surface area contributed by atoms with E-state index in [0.717, 1.165) is 25.3 Å². The molecule has 0 N–H and O–H groups in total. The lowest BCUT2D eigenvalue weighted by Gasteiger charge is -2.22. The minimum atomic E-state index is -4.83. The van der Waals surface area contributed by atoms with Crippen molar-refractivity contribution in [1.82, 2.24) is 9.97 Å². The van der Waals surface area contributed by atoms with Gasteiger partial charge in [-0.1, -0.05) is 12.1 Å². The zero-order valence-corrected chi connectivity index (χ0v) is 15.4. The summed E-state index contributed by atoms with van der Waals surface area (Å²) in [6.45, 7) is -0.238. The molecule has 0 radical (unpaired) electrons. The molecule has 1 aromatic heterocycles. The predicted octanol–water partition coefficient (Wildman–Crippen LogP) is 2.09. The van der Waals surface area contributed by atoms with E-state index < -0.39 is 43.7 Å². The first-order valence-corrected chi connectivity index (χ1v) is 9.72. The lowest BCUT2D eigenvalue weighted by molar-refractivity contribution is -0.142. The number of rotatable bonds is 4. The van der Waals surface area contributed by atoms with Gasteiger partial charge in [0.2, 0.25) is 5.95 Å². The first-order chi connectivity index (χ1) is 13.2. The van der Waals surface area contributed by atoms with Gasteiger partial charge in [0.15, 0.2) is 9.84 Å². The Labute approximate surface area is 159 Å². The highest BCUT2D eigenvalue weighted by Gasteiger charge is 2.47. The fourth-order valence-corrected chi connectivity index (χ4v) is 5.08. The van der Waals surface area contributed by atoms with Gasteiger partial charge in [-0.2, -0.15) is 13.2 Å². The molecule has 2 heterocycles. The fraction of sp³-hybridized carbons (Fsp3) is 0.353. The smallest absolute Gasteiger partial charge is 0.417 e. The highest BCUT2D eigenvalue weighted by Crippen LogP contribution is 2.38. The zero-order chi connectivity index (χ0) is 20.5. The Hall–Kier alpha value is -2.69. The lowest BCUT2D eigenvalue weighted by Crippen LogP contribution is -2.38. The number of hydrogen-bond acceptors (Lipinski definition) is 7. The van der Waals surface area contributed by atoms with Gasteiger partial charge in [-0.15, -0.1) is 0 Å². The van der Waals surface area contributed by atoms with Gasteiger partial charge in [0.1, 0.15) is 6.04 Å². The molecule has 1 fully saturated rings. The average molecular weight is 415 g/mol. The van der Waals surface area contributed by atoms with Crippen LogP contribution in [0.2, 0.25) is 0 Å². The van der Waals surface area contributed by atoms with E-state index >= 15 is 0 Å². The molecule has 28 heavy (non-hydrogen) atoms. The summed E-state index contributed by atoms with van der Waals surface area (Å²) in [6, 6.07) is 4.51. The summed E-state index contributed by atoms with van der Waals surface area (Å²) < 4.78 is 70.6. The van der Waals surface area contributed by atoms with E-state index in [4.69, 9.17) is 4.74 Å². The lowest BCUT2D eigenvalue weighted by atomic mass is 10.2. The summed E-state index contributed by atoms with van der Waals surface area (Å²) in [6.07, 6.45) is -2.24. The van der Waals surface area contributed by atoms with Crippen molar-refractivity contribution in [3.05, 3.63) is 48.3 Å². The zero-order valence-electron chi connectivity index (χ0n) is 14.6. The minimum absolute atomic E-state index is 0.0970. The Bertz CT molecular complexity index is 967. The topological polar surface area (TPSA) is 89.5 Å². The number of methoxy groups -OCH3 is 1. The van der Waals surface area contributed by atoms with Gasteiger partial charge in [-0.3, -0.25) is 0 Å². The quantitative estimate of drug-likeness (QED) is 0.707. The number of alkyl halides is 3. The number of sulfone groups is 1. The molecule has 1 aliphatic rings. The third-order valence-corrected chi connectivity index (χ3v) is 6.67. The second kappa shape index (κ2) is 7.38. The molecule has 11 heteroatoms. The van der Waals surface area contributed by atoms with E-state index in [-0.39, 0.29) is 18.9 Å². The largest absolute Gasteiger partial charge is 0.467 e. The van der Waals surface area contributed by atoms with Crippen LogP contribution < -0.4 is 4.90 Å². The van der Waals surface area contributed by atoms with E-state index in [1.54, 1.807) is 6.07 Å². The molecule has 3 rings (SSSR count). The van der Waals surface area contributed by atoms with Gasteiger partial charge in [-0.05, 0) is 24.6 Å². The van der Waals surface area contributed by atoms with Crippen LogP contribution in [0.3, 0.4) is 0 Å². The van der Waals surface area contributed by atoms with Crippen LogP contribution >= 0.6 is 0 Å². The van der Waals surface area contributed by atoms with Crippen molar-refractivity contribution >= 4 is 21.8 Å². The molecule has 0 aliphatic carbocycles. The Morgan fingerprint density at radius 3 is 2.43 bits per heavy atom. The normalized spacial score (nSPS) is 20.2. The first kappa shape index (κ1) is 20.1. The second-order valence-electron chi connectivity index (χ2n) is 6.14. The maximum Gasteiger partial charge on any atom is 0.417 e. The Morgan fingerprint density at radius 2 is 1.82 bits per heavy atom. The molecule has 1 aromatic carbocycles. The summed E-state index contributed by atoms with van der Waals surface area (Å²) in [4.78, 5) is 20.7. The Morgan fingerprint density at radius 1 is 1.18 bits per heavy atom. The Balaban J connectivity index is 2.01. The number of hydrogen-bond donors (Lipinski definition) is 0. The highest BCUT2D eigenvalue weighted by molar-refractivity contribution is 7.92. The number of halogens is 3. The van der Waals surface area contributed by atoms with E-state index in [1.165, 1.54) is 23.4 Å². The number of carbonyl (C=O) groups is 1. The molecule has 2 unspecified atom stereocenters. The van der Waals surface area contributed by atoms with Gasteiger partial charge in [-0.25, -0.2) is 23.2 Å². The van der Waals surface area contributed by atoms with Crippen molar-refractivity contribution < 1.29 is 31.1 Å². The van der Waals surface area contributed by atoms with Gasteiger partial charge in [0.05, 0.1) is 22.8 Å². The summed E-state index contributed by atoms with van der Waals surface area (Å²) in [7, 11) is -3.25. The maximum absolute atomic E-state index is 13.3. The van der Waals surface area contributed by atoms with E-state index in [9.17, 15) is 26.4 Å². The van der Waals surface area contributed by atoms with Crippen LogP contribution in [-0.2, 0) is 25.5 Å². The molecular formula is C17H16F3N3O4S. The van der Waals surface area contributed by atoms with Crippen molar-refractivity contribution in [2.75, 3.05) is 18.6 Å². The van der Waals surface area contributed by atoms with Crippen LogP contribution in [0, 0.1) is 0 Å². The van der Waals surface area contributed by atoms with Gasteiger partial charge >= 0.3 is 12.1 Å². The maximum atomic E-state index is 13.3. The van der Waals surface area contributed by atoms with Crippen LogP contribution in [0.4, 0.5) is 19.1 Å². The first-order valence-electron chi connectivity index (χ1n) is 8.18. The SMILES string of the molecule is COC(=O)C1CC(S(=O)(=O)c2ccccc2C(F)(F)F)CN1c1ncccn1. The van der Waals surface area contributed by atoms with Crippen molar-refractivity contribution in [2.45, 2.75) is 28.8 Å². The summed E-state index contributed by atoms with van der Waals surface area (Å²) >= 11 is 0. The Kier molecular flexibility index (Phi) is 5.28. The number of ether oxygens (including phenoxy) is 1. The molecular weight excluding hydrogens is 399 g/mol. The monoisotopic (exact) mass is 415 g/mol. The number of esters is 1. The molecule has 1 aliphatic heterocycles. The van der Waals surface area contributed by atoms with E-state index in [0.29, 0.717) is 0 Å². The third kappa shape index (κ3) is 3.66. The number of nitrogens with zero attached hydrogens (tertiary/aromatic N) is 3. The van der Waals surface area contributed by atoms with Crippen molar-refractivity contribution in [1.29, 1.82) is 0 Å². The average Bonchev–Trinajstić information content (AvgIpc) is 3.14. The fourth-order valence-electron chi connectivity index (χ4n) is 3.17. The number of anilines is 1. The molecule has 2 aromatic rings. The third-order valence-electron chi connectivity index (χ3n) is 4.48. The van der Waals surface area contributed by atoms with Crippen molar-refractivity contribution in [3.63, 3.8) is 0 Å². The summed E-state index contributed by atoms with van der Waals surface area (Å²) in [5, 5.41) is -1.26. The van der Waals surface area contributed by atoms with Crippen LogP contribution in [0.1, 0.15) is 12.0 Å². The number of benzene rings is 1. The molecule has 0 amide bonds. The van der Waals surface area contributed by atoms with E-state index in [1.807, 2.05) is 0 Å². The van der Waals surface area contributed by atoms with E-state index in [2.05, 4.69) is 9.97 Å². The molecule has 7 nitrogen and oxygen atoms in total. The highest BCUT2D eigenvalue weighted by atomic mass is 32.2. The standard InChI is InChI=1S/C17H16F3N3O4S/c1-27-15(24)13-9-11(10-23(13)16-21-7-4-8-22-16)28(25,26)14-6-3-2-5-12(14)17(18,19)20/h2-8,11,13H,9-10H2,1H3. The van der Waals surface area contributed by atoms with Crippen LogP contribution in [-0.4, -0.2) is 49.3 Å². The second-order valence-corrected chi connectivity index (χ2v) is 8.33. The number of carbonyl (C=O) groups excluding carboxylic acids is 1. The van der Waals surface area contributed by atoms with Crippen molar-refractivity contribution in [3.8, 4) is 0 Å². The molecule has 150 valence electrons. The predicted molar refractivity (Wildman–Crippen MR) is 92.2 cm³/mol. The van der Waals surface area contributed by atoms with Gasteiger partial charge in [0.25, 0.3) is 0 Å². The van der Waals surface area contributed by atoms with Gasteiger partial charge in [0, 0.05) is 18.9 Å². The van der Waals surface area contributed by atoms with Crippen molar-refractivity contribution in [2.24, 2.45) is 0 Å². The summed E-state index contributed by atoms with van der Waals surface area (Å²) in [5.41, 5.74) is -1.24. The molecule has 0 spiro atoms.